The SMILES string of the molecule is CCCc1ccc(C(CSc2nc(C)ns2)NCC)cc1. The van der Waals surface area contributed by atoms with Gasteiger partial charge in [0.15, 0.2) is 4.34 Å². The molecule has 0 fully saturated rings. The summed E-state index contributed by atoms with van der Waals surface area (Å²) in [6.45, 7) is 7.28. The van der Waals surface area contributed by atoms with E-state index in [1.165, 1.54) is 29.1 Å². The molecule has 0 amide bonds. The molecule has 3 nitrogen and oxygen atoms in total. The first-order valence-electron chi connectivity index (χ1n) is 7.48. The Labute approximate surface area is 135 Å². The highest BCUT2D eigenvalue weighted by Gasteiger charge is 2.12. The molecular formula is C16H23N3S2. The number of hydrogen-bond donors (Lipinski definition) is 1. The monoisotopic (exact) mass is 321 g/mol. The smallest absolute Gasteiger partial charge is 0.170 e. The van der Waals surface area contributed by atoms with Crippen molar-refractivity contribution < 1.29 is 0 Å². The van der Waals surface area contributed by atoms with Crippen LogP contribution in [0.3, 0.4) is 0 Å². The van der Waals surface area contributed by atoms with E-state index < -0.39 is 0 Å². The molecule has 1 aromatic carbocycles. The van der Waals surface area contributed by atoms with Gasteiger partial charge in [-0.05, 0) is 42.5 Å². The first-order valence-corrected chi connectivity index (χ1v) is 9.24. The fourth-order valence-electron chi connectivity index (χ4n) is 2.22. The first kappa shape index (κ1) is 16.5. The van der Waals surface area contributed by atoms with Gasteiger partial charge in [-0.2, -0.15) is 4.37 Å². The highest BCUT2D eigenvalue weighted by molar-refractivity contribution is 8.00. The number of hydrogen-bond acceptors (Lipinski definition) is 5. The van der Waals surface area contributed by atoms with Crippen LogP contribution in [0, 0.1) is 6.92 Å². The molecule has 1 heterocycles. The Kier molecular flexibility index (Phi) is 6.67. The summed E-state index contributed by atoms with van der Waals surface area (Å²) in [5.74, 6) is 1.85. The summed E-state index contributed by atoms with van der Waals surface area (Å²) in [7, 11) is 0. The van der Waals surface area contributed by atoms with Crippen LogP contribution >= 0.6 is 23.3 Å². The Bertz CT molecular complexity index is 537. The van der Waals surface area contributed by atoms with Gasteiger partial charge >= 0.3 is 0 Å². The maximum atomic E-state index is 4.42. The normalized spacial score (nSPS) is 12.5. The van der Waals surface area contributed by atoms with Crippen molar-refractivity contribution in [3.63, 3.8) is 0 Å². The summed E-state index contributed by atoms with van der Waals surface area (Å²) in [5, 5.41) is 3.56. The summed E-state index contributed by atoms with van der Waals surface area (Å²) in [6, 6.07) is 9.38. The summed E-state index contributed by atoms with van der Waals surface area (Å²) in [5.41, 5.74) is 2.77. The van der Waals surface area contributed by atoms with Gasteiger partial charge in [0.2, 0.25) is 0 Å². The molecule has 0 saturated heterocycles. The Morgan fingerprint density at radius 2 is 2.00 bits per heavy atom. The van der Waals surface area contributed by atoms with Crippen LogP contribution in [-0.2, 0) is 6.42 Å². The van der Waals surface area contributed by atoms with E-state index in [4.69, 9.17) is 0 Å². The van der Waals surface area contributed by atoms with Gasteiger partial charge < -0.3 is 5.32 Å². The minimum atomic E-state index is 0.361. The van der Waals surface area contributed by atoms with Crippen molar-refractivity contribution in [2.75, 3.05) is 12.3 Å². The first-order chi connectivity index (χ1) is 10.2. The van der Waals surface area contributed by atoms with Gasteiger partial charge in [-0.1, -0.05) is 56.3 Å². The molecule has 1 N–H and O–H groups in total. The van der Waals surface area contributed by atoms with E-state index >= 15 is 0 Å². The molecule has 1 unspecified atom stereocenters. The van der Waals surface area contributed by atoms with Gasteiger partial charge in [-0.25, -0.2) is 4.98 Å². The standard InChI is InChI=1S/C16H23N3S2/c1-4-6-13-7-9-14(10-8-13)15(17-5-2)11-20-16-18-12(3)19-21-16/h7-10,15,17H,4-6,11H2,1-3H3. The van der Waals surface area contributed by atoms with E-state index in [1.54, 1.807) is 11.8 Å². The van der Waals surface area contributed by atoms with Crippen molar-refractivity contribution in [2.24, 2.45) is 0 Å². The van der Waals surface area contributed by atoms with Crippen molar-refractivity contribution >= 4 is 23.3 Å². The number of aromatic nitrogens is 2. The molecule has 2 rings (SSSR count). The number of nitrogens with one attached hydrogen (secondary N) is 1. The molecule has 0 aliphatic heterocycles. The predicted molar refractivity (Wildman–Crippen MR) is 92.2 cm³/mol. The van der Waals surface area contributed by atoms with Crippen LogP contribution < -0.4 is 5.32 Å². The average molecular weight is 322 g/mol. The zero-order chi connectivity index (χ0) is 15.1. The minimum Gasteiger partial charge on any atom is -0.309 e. The second kappa shape index (κ2) is 8.51. The largest absolute Gasteiger partial charge is 0.309 e. The van der Waals surface area contributed by atoms with Crippen LogP contribution in [-0.4, -0.2) is 21.7 Å². The van der Waals surface area contributed by atoms with E-state index in [2.05, 4.69) is 52.8 Å². The summed E-state index contributed by atoms with van der Waals surface area (Å²) >= 11 is 3.27. The maximum Gasteiger partial charge on any atom is 0.170 e. The maximum absolute atomic E-state index is 4.42. The fourth-order valence-corrected chi connectivity index (χ4v) is 3.98. The van der Waals surface area contributed by atoms with Crippen molar-refractivity contribution in [2.45, 2.75) is 44.0 Å². The van der Waals surface area contributed by atoms with Crippen LogP contribution in [0.5, 0.6) is 0 Å². The van der Waals surface area contributed by atoms with Crippen LogP contribution in [0.1, 0.15) is 43.3 Å². The molecule has 0 spiro atoms. The highest BCUT2D eigenvalue weighted by atomic mass is 32.2. The van der Waals surface area contributed by atoms with Gasteiger partial charge in [0, 0.05) is 11.8 Å². The molecule has 2 aromatic rings. The predicted octanol–water partition coefficient (Wildman–Crippen LogP) is 4.24. The molecule has 0 saturated carbocycles. The highest BCUT2D eigenvalue weighted by Crippen LogP contribution is 2.26. The topological polar surface area (TPSA) is 37.8 Å². The quantitative estimate of drug-likeness (QED) is 0.738. The molecule has 5 heteroatoms. The second-order valence-corrected chi connectivity index (χ2v) is 7.04. The van der Waals surface area contributed by atoms with Gasteiger partial charge in [0.1, 0.15) is 5.82 Å². The van der Waals surface area contributed by atoms with E-state index in [1.807, 2.05) is 6.92 Å². The molecule has 0 aliphatic carbocycles. The molecule has 0 aliphatic rings. The zero-order valence-corrected chi connectivity index (χ0v) is 14.6. The van der Waals surface area contributed by atoms with E-state index in [-0.39, 0.29) is 0 Å². The molecule has 0 radical (unpaired) electrons. The molecule has 114 valence electrons. The van der Waals surface area contributed by atoms with Gasteiger partial charge in [-0.3, -0.25) is 0 Å². The summed E-state index contributed by atoms with van der Waals surface area (Å²) < 4.78 is 5.29. The third-order valence-corrected chi connectivity index (χ3v) is 5.27. The molecular weight excluding hydrogens is 298 g/mol. The Morgan fingerprint density at radius 1 is 1.24 bits per heavy atom. The third kappa shape index (κ3) is 5.09. The lowest BCUT2D eigenvalue weighted by molar-refractivity contribution is 0.605. The number of aryl methyl sites for hydroxylation is 2. The van der Waals surface area contributed by atoms with Crippen molar-refractivity contribution in [3.8, 4) is 0 Å². The lowest BCUT2D eigenvalue weighted by atomic mass is 10.0. The second-order valence-electron chi connectivity index (χ2n) is 5.02. The minimum absolute atomic E-state index is 0.361. The van der Waals surface area contributed by atoms with Crippen molar-refractivity contribution in [3.05, 3.63) is 41.2 Å². The van der Waals surface area contributed by atoms with E-state index in [9.17, 15) is 0 Å². The number of benzene rings is 1. The Hall–Kier alpha value is -0.910. The van der Waals surface area contributed by atoms with E-state index in [0.717, 1.165) is 28.9 Å². The Morgan fingerprint density at radius 3 is 2.57 bits per heavy atom. The van der Waals surface area contributed by atoms with Crippen LogP contribution in [0.25, 0.3) is 0 Å². The number of rotatable bonds is 8. The molecule has 1 aromatic heterocycles. The summed E-state index contributed by atoms with van der Waals surface area (Å²) in [4.78, 5) is 4.42. The van der Waals surface area contributed by atoms with E-state index in [0.29, 0.717) is 6.04 Å². The molecule has 0 bridgehead atoms. The number of nitrogens with zero attached hydrogens (tertiary/aromatic N) is 2. The van der Waals surface area contributed by atoms with Crippen LogP contribution in [0.2, 0.25) is 0 Å². The lowest BCUT2D eigenvalue weighted by Crippen LogP contribution is -2.22. The fraction of sp³-hybridized carbons (Fsp3) is 0.500. The van der Waals surface area contributed by atoms with Crippen LogP contribution in [0.15, 0.2) is 28.6 Å². The number of thioether (sulfide) groups is 1. The van der Waals surface area contributed by atoms with Gasteiger partial charge in [0.05, 0.1) is 0 Å². The van der Waals surface area contributed by atoms with Gasteiger partial charge in [-0.15, -0.1) is 0 Å². The molecule has 21 heavy (non-hydrogen) atoms. The average Bonchev–Trinajstić information content (AvgIpc) is 2.90. The van der Waals surface area contributed by atoms with Crippen molar-refractivity contribution in [1.82, 2.24) is 14.7 Å². The van der Waals surface area contributed by atoms with Crippen LogP contribution in [0.4, 0.5) is 0 Å². The zero-order valence-electron chi connectivity index (χ0n) is 12.9. The summed E-state index contributed by atoms with van der Waals surface area (Å²) in [6.07, 6.45) is 2.35. The van der Waals surface area contributed by atoms with Gasteiger partial charge in [0.25, 0.3) is 0 Å². The third-order valence-electron chi connectivity index (χ3n) is 3.25. The molecule has 1 atom stereocenters. The Balaban J connectivity index is 2.00. The van der Waals surface area contributed by atoms with Crippen molar-refractivity contribution in [1.29, 1.82) is 0 Å². The lowest BCUT2D eigenvalue weighted by Gasteiger charge is -2.17.